The Morgan fingerprint density at radius 3 is 2.65 bits per heavy atom. The van der Waals surface area contributed by atoms with Gasteiger partial charge in [0.25, 0.3) is 0 Å². The lowest BCUT2D eigenvalue weighted by Gasteiger charge is -2.10. The first-order valence-corrected chi connectivity index (χ1v) is 7.13. The minimum atomic E-state index is -0.280. The highest BCUT2D eigenvalue weighted by Crippen LogP contribution is 2.32. The van der Waals surface area contributed by atoms with E-state index in [1.54, 1.807) is 17.0 Å². The summed E-state index contributed by atoms with van der Waals surface area (Å²) in [5, 5.41) is 7.95. The normalized spacial score (nSPS) is 10.8. The Morgan fingerprint density at radius 1 is 1.10 bits per heavy atom. The Bertz CT molecular complexity index is 767. The van der Waals surface area contributed by atoms with Crippen LogP contribution in [0, 0.1) is 9.39 Å². The molecular formula is C15H11FIN3. The fourth-order valence-electron chi connectivity index (χ4n) is 2.14. The topological polar surface area (TPSA) is 30.7 Å². The maximum Gasteiger partial charge on any atom is 0.164 e. The zero-order valence-corrected chi connectivity index (χ0v) is 12.9. The molecule has 0 aliphatic carbocycles. The third-order valence-electron chi connectivity index (χ3n) is 3.07. The van der Waals surface area contributed by atoms with Crippen LogP contribution in [0.4, 0.5) is 4.39 Å². The van der Waals surface area contributed by atoms with Gasteiger partial charge in [0.05, 0.1) is 0 Å². The van der Waals surface area contributed by atoms with Crippen molar-refractivity contribution in [1.29, 1.82) is 0 Å². The Labute approximate surface area is 129 Å². The van der Waals surface area contributed by atoms with Crippen molar-refractivity contribution in [3.05, 3.63) is 58.2 Å². The minimum Gasteiger partial charge on any atom is -0.317 e. The van der Waals surface area contributed by atoms with Crippen LogP contribution in [0.1, 0.15) is 0 Å². The first-order valence-electron chi connectivity index (χ1n) is 6.05. The highest BCUT2D eigenvalue weighted by atomic mass is 127. The number of rotatable bonds is 2. The Kier molecular flexibility index (Phi) is 3.52. The molecule has 0 fully saturated rings. The van der Waals surface area contributed by atoms with Gasteiger partial charge in [-0.15, -0.1) is 10.2 Å². The molecule has 0 bridgehead atoms. The molecule has 0 N–H and O–H groups in total. The van der Waals surface area contributed by atoms with Gasteiger partial charge < -0.3 is 4.57 Å². The monoisotopic (exact) mass is 379 g/mol. The van der Waals surface area contributed by atoms with Gasteiger partial charge in [-0.2, -0.15) is 0 Å². The molecule has 0 aliphatic heterocycles. The first kappa shape index (κ1) is 13.2. The summed E-state index contributed by atoms with van der Waals surface area (Å²) in [6.45, 7) is 0. The molecule has 3 nitrogen and oxygen atoms in total. The molecule has 2 aromatic carbocycles. The van der Waals surface area contributed by atoms with E-state index in [9.17, 15) is 4.39 Å². The smallest absolute Gasteiger partial charge is 0.164 e. The Morgan fingerprint density at radius 2 is 1.95 bits per heavy atom. The molecular weight excluding hydrogens is 368 g/mol. The minimum absolute atomic E-state index is 0.280. The second-order valence-electron chi connectivity index (χ2n) is 4.47. The highest BCUT2D eigenvalue weighted by molar-refractivity contribution is 14.1. The second kappa shape index (κ2) is 5.32. The zero-order valence-electron chi connectivity index (χ0n) is 10.7. The molecule has 0 spiro atoms. The molecule has 0 saturated heterocycles. The average Bonchev–Trinajstić information content (AvgIpc) is 2.85. The van der Waals surface area contributed by atoms with Crippen LogP contribution < -0.4 is 0 Å². The average molecular weight is 379 g/mol. The third-order valence-corrected chi connectivity index (χ3v) is 3.74. The highest BCUT2D eigenvalue weighted by Gasteiger charge is 2.13. The summed E-state index contributed by atoms with van der Waals surface area (Å²) in [5.74, 6) is 0.371. The summed E-state index contributed by atoms with van der Waals surface area (Å²) in [6, 6.07) is 12.8. The number of benzene rings is 2. The van der Waals surface area contributed by atoms with E-state index in [2.05, 4.69) is 38.9 Å². The second-order valence-corrected chi connectivity index (χ2v) is 5.71. The molecule has 3 aromatic rings. The fraction of sp³-hybridized carbons (Fsp3) is 0.0667. The van der Waals surface area contributed by atoms with E-state index in [4.69, 9.17) is 0 Å². The van der Waals surface area contributed by atoms with Gasteiger partial charge in [-0.25, -0.2) is 4.39 Å². The fourth-order valence-corrected chi connectivity index (χ4v) is 2.68. The van der Waals surface area contributed by atoms with Gasteiger partial charge in [0.2, 0.25) is 0 Å². The van der Waals surface area contributed by atoms with Gasteiger partial charge >= 0.3 is 0 Å². The molecule has 3 rings (SSSR count). The maximum absolute atomic E-state index is 13.6. The molecule has 0 radical (unpaired) electrons. The largest absolute Gasteiger partial charge is 0.317 e. The third kappa shape index (κ3) is 2.45. The molecule has 0 unspecified atom stereocenters. The van der Waals surface area contributed by atoms with E-state index >= 15 is 0 Å². The van der Waals surface area contributed by atoms with E-state index in [0.717, 1.165) is 20.3 Å². The van der Waals surface area contributed by atoms with Crippen LogP contribution in [0.3, 0.4) is 0 Å². The van der Waals surface area contributed by atoms with Crippen molar-refractivity contribution >= 4 is 22.6 Å². The number of halogens is 2. The van der Waals surface area contributed by atoms with Gasteiger partial charge in [-0.1, -0.05) is 18.2 Å². The van der Waals surface area contributed by atoms with Crippen molar-refractivity contribution in [3.8, 4) is 22.5 Å². The lowest BCUT2D eigenvalue weighted by atomic mass is 9.99. The van der Waals surface area contributed by atoms with Gasteiger partial charge in [-0.05, 0) is 58.0 Å². The van der Waals surface area contributed by atoms with Crippen molar-refractivity contribution in [3.63, 3.8) is 0 Å². The van der Waals surface area contributed by atoms with Gasteiger partial charge in [0.1, 0.15) is 12.1 Å². The number of aryl methyl sites for hydroxylation is 1. The predicted molar refractivity (Wildman–Crippen MR) is 84.6 cm³/mol. The number of hydrogen-bond acceptors (Lipinski definition) is 2. The van der Waals surface area contributed by atoms with Crippen molar-refractivity contribution in [2.45, 2.75) is 0 Å². The summed E-state index contributed by atoms with van der Waals surface area (Å²) in [5.41, 5.74) is 2.72. The van der Waals surface area contributed by atoms with E-state index in [0.29, 0.717) is 5.82 Å². The first-order chi connectivity index (χ1) is 9.65. The summed E-state index contributed by atoms with van der Waals surface area (Å²) < 4.78 is 16.5. The van der Waals surface area contributed by atoms with E-state index in [1.165, 1.54) is 12.1 Å². The molecule has 0 atom stereocenters. The van der Waals surface area contributed by atoms with Crippen LogP contribution in [0.5, 0.6) is 0 Å². The van der Waals surface area contributed by atoms with Gasteiger partial charge in [0.15, 0.2) is 5.82 Å². The summed E-state index contributed by atoms with van der Waals surface area (Å²) in [6.07, 6.45) is 1.61. The van der Waals surface area contributed by atoms with E-state index in [-0.39, 0.29) is 5.82 Å². The van der Waals surface area contributed by atoms with Crippen LogP contribution in [-0.2, 0) is 7.05 Å². The van der Waals surface area contributed by atoms with Gasteiger partial charge in [-0.3, -0.25) is 0 Å². The van der Waals surface area contributed by atoms with Crippen molar-refractivity contribution < 1.29 is 4.39 Å². The molecule has 0 amide bonds. The van der Waals surface area contributed by atoms with E-state index in [1.807, 2.05) is 25.2 Å². The Hall–Kier alpha value is -1.76. The summed E-state index contributed by atoms with van der Waals surface area (Å²) >= 11 is 2.26. The SMILES string of the molecule is Cn1cnnc1-c1cc(F)ccc1-c1cccc(I)c1. The number of aromatic nitrogens is 3. The zero-order chi connectivity index (χ0) is 14.1. The van der Waals surface area contributed by atoms with E-state index < -0.39 is 0 Å². The number of nitrogens with zero attached hydrogens (tertiary/aromatic N) is 3. The van der Waals surface area contributed by atoms with Crippen LogP contribution in [-0.4, -0.2) is 14.8 Å². The van der Waals surface area contributed by atoms with Crippen molar-refractivity contribution in [1.82, 2.24) is 14.8 Å². The lowest BCUT2D eigenvalue weighted by molar-refractivity contribution is 0.628. The van der Waals surface area contributed by atoms with Crippen molar-refractivity contribution in [2.75, 3.05) is 0 Å². The molecule has 1 heterocycles. The molecule has 0 saturated carbocycles. The van der Waals surface area contributed by atoms with Crippen LogP contribution in [0.2, 0.25) is 0 Å². The molecule has 0 aliphatic rings. The van der Waals surface area contributed by atoms with Crippen LogP contribution >= 0.6 is 22.6 Å². The quantitative estimate of drug-likeness (QED) is 0.633. The summed E-state index contributed by atoms with van der Waals surface area (Å²) in [4.78, 5) is 0. The van der Waals surface area contributed by atoms with Crippen molar-refractivity contribution in [2.24, 2.45) is 7.05 Å². The molecule has 5 heteroatoms. The molecule has 1 aromatic heterocycles. The maximum atomic E-state index is 13.6. The molecule has 100 valence electrons. The lowest BCUT2D eigenvalue weighted by Crippen LogP contribution is -1.95. The number of hydrogen-bond donors (Lipinski definition) is 0. The Balaban J connectivity index is 2.24. The summed E-state index contributed by atoms with van der Waals surface area (Å²) in [7, 11) is 1.85. The standard InChI is InChI=1S/C15H11FIN3/c1-20-9-18-19-15(20)14-8-11(16)5-6-13(14)10-3-2-4-12(17)7-10/h2-9H,1H3. The van der Waals surface area contributed by atoms with Gasteiger partial charge in [0, 0.05) is 16.2 Å². The predicted octanol–water partition coefficient (Wildman–Crippen LogP) is 3.89. The van der Waals surface area contributed by atoms with Crippen LogP contribution in [0.25, 0.3) is 22.5 Å². The molecule has 20 heavy (non-hydrogen) atoms. The van der Waals surface area contributed by atoms with Crippen LogP contribution in [0.15, 0.2) is 48.8 Å².